The van der Waals surface area contributed by atoms with Gasteiger partial charge in [-0.25, -0.2) is 0 Å². The van der Waals surface area contributed by atoms with E-state index >= 15 is 0 Å². The molecule has 0 saturated heterocycles. The van der Waals surface area contributed by atoms with E-state index in [0.717, 1.165) is 6.42 Å². The molecular formula is C14H27N3S. The highest BCUT2D eigenvalue weighted by molar-refractivity contribution is 7.09. The van der Waals surface area contributed by atoms with Crippen LogP contribution in [0.1, 0.15) is 63.2 Å². The summed E-state index contributed by atoms with van der Waals surface area (Å²) in [4.78, 5) is 5.42. The van der Waals surface area contributed by atoms with Gasteiger partial charge in [0.2, 0.25) is 0 Å². The molecule has 4 heteroatoms. The molecule has 0 saturated carbocycles. The van der Waals surface area contributed by atoms with Crippen molar-refractivity contribution in [2.75, 3.05) is 0 Å². The fourth-order valence-electron chi connectivity index (χ4n) is 2.18. The highest BCUT2D eigenvalue weighted by atomic mass is 32.1. The SMILES string of the molecule is CCCCCCCCCC(Cc1cncs1)NN. The summed E-state index contributed by atoms with van der Waals surface area (Å²) >= 11 is 1.71. The van der Waals surface area contributed by atoms with Crippen molar-refractivity contribution in [1.29, 1.82) is 0 Å². The summed E-state index contributed by atoms with van der Waals surface area (Å²) in [5, 5.41) is 0. The first-order valence-electron chi connectivity index (χ1n) is 7.20. The Hall–Kier alpha value is -0.450. The molecule has 3 N–H and O–H groups in total. The van der Waals surface area contributed by atoms with E-state index in [2.05, 4.69) is 17.3 Å². The number of unbranched alkanes of at least 4 members (excludes halogenated alkanes) is 6. The summed E-state index contributed by atoms with van der Waals surface area (Å²) in [6.45, 7) is 2.26. The Labute approximate surface area is 115 Å². The summed E-state index contributed by atoms with van der Waals surface area (Å²) in [7, 11) is 0. The molecule has 0 aliphatic carbocycles. The summed E-state index contributed by atoms with van der Waals surface area (Å²) in [5.74, 6) is 5.60. The number of aromatic nitrogens is 1. The van der Waals surface area contributed by atoms with E-state index in [1.165, 1.54) is 56.2 Å². The smallest absolute Gasteiger partial charge is 0.0794 e. The van der Waals surface area contributed by atoms with Crippen LogP contribution in [0.3, 0.4) is 0 Å². The van der Waals surface area contributed by atoms with Crippen LogP contribution in [0.15, 0.2) is 11.7 Å². The minimum atomic E-state index is 0.404. The normalized spacial score (nSPS) is 12.8. The molecule has 3 nitrogen and oxygen atoms in total. The molecule has 0 aliphatic rings. The maximum atomic E-state index is 5.60. The van der Waals surface area contributed by atoms with Gasteiger partial charge in [-0.15, -0.1) is 11.3 Å². The van der Waals surface area contributed by atoms with E-state index < -0.39 is 0 Å². The van der Waals surface area contributed by atoms with Crippen LogP contribution in [0, 0.1) is 0 Å². The number of hydrazine groups is 1. The van der Waals surface area contributed by atoms with Gasteiger partial charge in [0, 0.05) is 23.5 Å². The van der Waals surface area contributed by atoms with Crippen LogP contribution in [0.2, 0.25) is 0 Å². The van der Waals surface area contributed by atoms with E-state index in [1.807, 2.05) is 11.7 Å². The van der Waals surface area contributed by atoms with Gasteiger partial charge in [-0.2, -0.15) is 0 Å². The van der Waals surface area contributed by atoms with Crippen molar-refractivity contribution in [3.8, 4) is 0 Å². The zero-order valence-electron chi connectivity index (χ0n) is 11.5. The van der Waals surface area contributed by atoms with Crippen molar-refractivity contribution in [1.82, 2.24) is 10.4 Å². The molecule has 1 aromatic heterocycles. The third-order valence-electron chi connectivity index (χ3n) is 3.32. The van der Waals surface area contributed by atoms with E-state index in [0.29, 0.717) is 6.04 Å². The van der Waals surface area contributed by atoms with E-state index in [9.17, 15) is 0 Å². The van der Waals surface area contributed by atoms with Crippen LogP contribution < -0.4 is 11.3 Å². The number of nitrogens with zero attached hydrogens (tertiary/aromatic N) is 1. The second-order valence-electron chi connectivity index (χ2n) is 4.95. The molecule has 0 aromatic carbocycles. The molecule has 1 rings (SSSR count). The largest absolute Gasteiger partial charge is 0.271 e. The number of thiazole rings is 1. The van der Waals surface area contributed by atoms with Gasteiger partial charge in [0.15, 0.2) is 0 Å². The van der Waals surface area contributed by atoms with Gasteiger partial charge in [-0.05, 0) is 6.42 Å². The predicted octanol–water partition coefficient (Wildman–Crippen LogP) is 3.66. The minimum absolute atomic E-state index is 0.404. The number of nitrogens with two attached hydrogens (primary N) is 1. The van der Waals surface area contributed by atoms with Crippen molar-refractivity contribution < 1.29 is 0 Å². The van der Waals surface area contributed by atoms with Gasteiger partial charge in [0.1, 0.15) is 0 Å². The highest BCUT2D eigenvalue weighted by Crippen LogP contribution is 2.14. The number of hydrogen-bond acceptors (Lipinski definition) is 4. The van der Waals surface area contributed by atoms with Crippen molar-refractivity contribution in [3.63, 3.8) is 0 Å². The zero-order valence-corrected chi connectivity index (χ0v) is 12.3. The Kier molecular flexibility index (Phi) is 9.08. The molecule has 1 heterocycles. The zero-order chi connectivity index (χ0) is 13.1. The molecule has 1 unspecified atom stereocenters. The maximum Gasteiger partial charge on any atom is 0.0794 e. The Morgan fingerprint density at radius 2 is 1.94 bits per heavy atom. The van der Waals surface area contributed by atoms with Gasteiger partial charge in [0.05, 0.1) is 5.51 Å². The first-order chi connectivity index (χ1) is 8.86. The average Bonchev–Trinajstić information content (AvgIpc) is 2.89. The number of hydrogen-bond donors (Lipinski definition) is 2. The molecule has 0 fully saturated rings. The third kappa shape index (κ3) is 7.09. The maximum absolute atomic E-state index is 5.60. The molecule has 0 aliphatic heterocycles. The van der Waals surface area contributed by atoms with Crippen LogP contribution in [-0.2, 0) is 6.42 Å². The van der Waals surface area contributed by atoms with Crippen LogP contribution in [0.4, 0.5) is 0 Å². The average molecular weight is 269 g/mol. The Morgan fingerprint density at radius 1 is 1.22 bits per heavy atom. The summed E-state index contributed by atoms with van der Waals surface area (Å²) in [6.07, 6.45) is 13.6. The lowest BCUT2D eigenvalue weighted by Gasteiger charge is -2.14. The Bertz CT molecular complexity index is 275. The molecule has 1 atom stereocenters. The highest BCUT2D eigenvalue weighted by Gasteiger charge is 2.08. The molecule has 0 radical (unpaired) electrons. The number of rotatable bonds is 11. The molecule has 18 heavy (non-hydrogen) atoms. The Balaban J connectivity index is 2.01. The van der Waals surface area contributed by atoms with Gasteiger partial charge < -0.3 is 0 Å². The van der Waals surface area contributed by atoms with Crippen LogP contribution in [0.25, 0.3) is 0 Å². The van der Waals surface area contributed by atoms with E-state index in [4.69, 9.17) is 5.84 Å². The monoisotopic (exact) mass is 269 g/mol. The molecule has 1 aromatic rings. The van der Waals surface area contributed by atoms with Crippen molar-refractivity contribution in [3.05, 3.63) is 16.6 Å². The summed E-state index contributed by atoms with van der Waals surface area (Å²) in [6, 6.07) is 0.404. The van der Waals surface area contributed by atoms with Crippen molar-refractivity contribution in [2.24, 2.45) is 5.84 Å². The van der Waals surface area contributed by atoms with Crippen LogP contribution >= 0.6 is 11.3 Å². The summed E-state index contributed by atoms with van der Waals surface area (Å²) < 4.78 is 0. The quantitative estimate of drug-likeness (QED) is 0.366. The first kappa shape index (κ1) is 15.6. The van der Waals surface area contributed by atoms with Crippen molar-refractivity contribution in [2.45, 2.75) is 70.8 Å². The molecule has 0 amide bonds. The third-order valence-corrected chi connectivity index (χ3v) is 4.12. The fraction of sp³-hybridized carbons (Fsp3) is 0.786. The van der Waals surface area contributed by atoms with Gasteiger partial charge in [-0.1, -0.05) is 51.9 Å². The second-order valence-corrected chi connectivity index (χ2v) is 5.92. The lowest BCUT2D eigenvalue weighted by Crippen LogP contribution is -2.36. The van der Waals surface area contributed by atoms with E-state index in [-0.39, 0.29) is 0 Å². The minimum Gasteiger partial charge on any atom is -0.271 e. The predicted molar refractivity (Wildman–Crippen MR) is 79.5 cm³/mol. The van der Waals surface area contributed by atoms with E-state index in [1.54, 1.807) is 11.3 Å². The van der Waals surface area contributed by atoms with Crippen LogP contribution in [0.5, 0.6) is 0 Å². The number of nitrogens with one attached hydrogen (secondary N) is 1. The van der Waals surface area contributed by atoms with Gasteiger partial charge in [-0.3, -0.25) is 16.3 Å². The molecular weight excluding hydrogens is 242 g/mol. The lowest BCUT2D eigenvalue weighted by atomic mass is 10.0. The second kappa shape index (κ2) is 10.5. The van der Waals surface area contributed by atoms with Gasteiger partial charge in [0.25, 0.3) is 0 Å². The van der Waals surface area contributed by atoms with Gasteiger partial charge >= 0.3 is 0 Å². The first-order valence-corrected chi connectivity index (χ1v) is 8.08. The Morgan fingerprint density at radius 3 is 2.56 bits per heavy atom. The van der Waals surface area contributed by atoms with Crippen molar-refractivity contribution >= 4 is 11.3 Å². The topological polar surface area (TPSA) is 50.9 Å². The molecule has 104 valence electrons. The molecule has 0 spiro atoms. The molecule has 0 bridgehead atoms. The fourth-order valence-corrected chi connectivity index (χ4v) is 2.85. The standard InChI is InChI=1S/C14H27N3S/c1-2-3-4-5-6-7-8-9-13(17-15)10-14-11-16-12-18-14/h11-13,17H,2-10,15H2,1H3. The lowest BCUT2D eigenvalue weighted by molar-refractivity contribution is 0.460. The summed E-state index contributed by atoms with van der Waals surface area (Å²) in [5.41, 5.74) is 4.82. The van der Waals surface area contributed by atoms with Crippen LogP contribution in [-0.4, -0.2) is 11.0 Å².